The molecule has 2 aliphatic heterocycles. The Bertz CT molecular complexity index is 1410. The molecule has 3 aromatic rings. The third-order valence-corrected chi connectivity index (χ3v) is 6.12. The number of carbonyl (C=O) groups is 3. The van der Waals surface area contributed by atoms with E-state index in [1.54, 1.807) is 13.0 Å². The van der Waals surface area contributed by atoms with Crippen LogP contribution in [0.4, 0.5) is 5.69 Å². The summed E-state index contributed by atoms with van der Waals surface area (Å²) in [6.45, 7) is 3.91. The molecule has 3 heterocycles. The first-order chi connectivity index (χ1) is 16.2. The van der Waals surface area contributed by atoms with E-state index in [0.29, 0.717) is 29.3 Å². The largest absolute Gasteiger partial charge is 0.454 e. The van der Waals surface area contributed by atoms with Crippen LogP contribution in [0.25, 0.3) is 0 Å². The maximum Gasteiger partial charge on any atom is 0.270 e. The Hall–Kier alpha value is -4.47. The molecule has 0 saturated heterocycles. The summed E-state index contributed by atoms with van der Waals surface area (Å²) in [6, 6.07) is 10.9. The summed E-state index contributed by atoms with van der Waals surface area (Å²) in [6.07, 6.45) is 0. The number of ketones is 1. The Morgan fingerprint density at radius 1 is 1.00 bits per heavy atom. The number of carbonyl (C=O) groups excluding carboxylic acids is 3. The molecule has 34 heavy (non-hydrogen) atoms. The topological polar surface area (TPSA) is 121 Å². The Labute approximate surface area is 193 Å². The highest BCUT2D eigenvalue weighted by Crippen LogP contribution is 2.33. The Morgan fingerprint density at radius 2 is 1.74 bits per heavy atom. The molecular formula is C24H19N3O7. The van der Waals surface area contributed by atoms with Gasteiger partial charge < -0.3 is 14.0 Å². The number of fused-ring (bicyclic) bond motifs is 2. The number of aryl methyl sites for hydroxylation is 1. The van der Waals surface area contributed by atoms with Crippen molar-refractivity contribution in [1.82, 2.24) is 9.47 Å². The fraction of sp³-hybridized carbons (Fsp3) is 0.208. The van der Waals surface area contributed by atoms with Gasteiger partial charge in [0.05, 0.1) is 22.6 Å². The number of hydrogen-bond acceptors (Lipinski definition) is 7. The van der Waals surface area contributed by atoms with E-state index in [1.165, 1.54) is 12.1 Å². The molecule has 10 heteroatoms. The minimum absolute atomic E-state index is 0.0525. The highest BCUT2D eigenvalue weighted by molar-refractivity contribution is 6.23. The van der Waals surface area contributed by atoms with Gasteiger partial charge >= 0.3 is 0 Å². The van der Waals surface area contributed by atoms with Crippen LogP contribution in [0.5, 0.6) is 11.5 Å². The lowest BCUT2D eigenvalue weighted by atomic mass is 10.1. The summed E-state index contributed by atoms with van der Waals surface area (Å²) in [4.78, 5) is 49.8. The number of imide groups is 1. The van der Waals surface area contributed by atoms with Gasteiger partial charge in [-0.25, -0.2) is 0 Å². The lowest BCUT2D eigenvalue weighted by Gasteiger charge is -2.13. The van der Waals surface area contributed by atoms with E-state index < -0.39 is 29.1 Å². The van der Waals surface area contributed by atoms with Gasteiger partial charge in [-0.1, -0.05) is 6.07 Å². The standard InChI is InChI=1S/C24H19N3O7/c1-13-7-18(14(2)25(13)10-15-3-6-21-22(8-15)34-12-33-21)20(28)11-26-23(29)17-5-4-16(27(31)32)9-19(17)24(26)30/h3-9H,10-12H2,1-2H3. The van der Waals surface area contributed by atoms with E-state index in [0.717, 1.165) is 22.2 Å². The van der Waals surface area contributed by atoms with Crippen molar-refractivity contribution in [3.8, 4) is 11.5 Å². The third kappa shape index (κ3) is 3.40. The average molecular weight is 461 g/mol. The molecule has 1 aromatic heterocycles. The first kappa shape index (κ1) is 21.4. The first-order valence-corrected chi connectivity index (χ1v) is 10.5. The van der Waals surface area contributed by atoms with Crippen molar-refractivity contribution in [2.45, 2.75) is 20.4 Å². The minimum atomic E-state index is -0.716. The van der Waals surface area contributed by atoms with Crippen LogP contribution >= 0.6 is 0 Å². The van der Waals surface area contributed by atoms with Crippen LogP contribution in [0.15, 0.2) is 42.5 Å². The lowest BCUT2D eigenvalue weighted by molar-refractivity contribution is -0.384. The quantitative estimate of drug-likeness (QED) is 0.239. The molecule has 0 fully saturated rings. The van der Waals surface area contributed by atoms with Crippen molar-refractivity contribution < 1.29 is 28.8 Å². The summed E-state index contributed by atoms with van der Waals surface area (Å²) in [5.41, 5.74) is 2.61. The molecule has 5 rings (SSSR count). The van der Waals surface area contributed by atoms with Gasteiger partial charge in [0.25, 0.3) is 17.5 Å². The van der Waals surface area contributed by atoms with E-state index in [1.807, 2.05) is 29.7 Å². The minimum Gasteiger partial charge on any atom is -0.454 e. The van der Waals surface area contributed by atoms with Crippen LogP contribution in [0.1, 0.15) is 48.0 Å². The van der Waals surface area contributed by atoms with Gasteiger partial charge in [0.2, 0.25) is 6.79 Å². The zero-order valence-corrected chi connectivity index (χ0v) is 18.4. The monoisotopic (exact) mass is 461 g/mol. The second kappa shape index (κ2) is 7.84. The number of hydrogen-bond donors (Lipinski definition) is 0. The number of Topliss-reactive ketones (excluding diaryl/α,β-unsaturated/α-hetero) is 1. The maximum atomic E-state index is 13.1. The average Bonchev–Trinajstić information content (AvgIpc) is 3.46. The van der Waals surface area contributed by atoms with Crippen molar-refractivity contribution in [2.75, 3.05) is 13.3 Å². The Morgan fingerprint density at radius 3 is 2.50 bits per heavy atom. The van der Waals surface area contributed by atoms with Gasteiger partial charge in [0, 0.05) is 35.6 Å². The predicted molar refractivity (Wildman–Crippen MR) is 118 cm³/mol. The zero-order valence-electron chi connectivity index (χ0n) is 18.4. The number of nitro benzene ring substituents is 1. The molecule has 0 spiro atoms. The fourth-order valence-electron chi connectivity index (χ4n) is 4.31. The van der Waals surface area contributed by atoms with Gasteiger partial charge in [-0.15, -0.1) is 0 Å². The molecule has 172 valence electrons. The predicted octanol–water partition coefficient (Wildman–Crippen LogP) is 3.27. The summed E-state index contributed by atoms with van der Waals surface area (Å²) < 4.78 is 12.7. The van der Waals surface area contributed by atoms with Crippen molar-refractivity contribution in [3.63, 3.8) is 0 Å². The zero-order chi connectivity index (χ0) is 24.1. The number of nitrogens with zero attached hydrogens (tertiary/aromatic N) is 3. The van der Waals surface area contributed by atoms with E-state index in [2.05, 4.69) is 0 Å². The SMILES string of the molecule is Cc1cc(C(=O)CN2C(=O)c3ccc([N+](=O)[O-])cc3C2=O)c(C)n1Cc1ccc2c(c1)OCO2. The first-order valence-electron chi connectivity index (χ1n) is 10.5. The molecule has 0 saturated carbocycles. The summed E-state index contributed by atoms with van der Waals surface area (Å²) >= 11 is 0. The van der Waals surface area contributed by atoms with Gasteiger partial charge in [-0.2, -0.15) is 0 Å². The van der Waals surface area contributed by atoms with E-state index in [4.69, 9.17) is 9.47 Å². The summed E-state index contributed by atoms with van der Waals surface area (Å²) in [7, 11) is 0. The number of benzene rings is 2. The summed E-state index contributed by atoms with van der Waals surface area (Å²) in [5.74, 6) is -0.397. The molecule has 0 aliphatic carbocycles. The maximum absolute atomic E-state index is 13.1. The van der Waals surface area contributed by atoms with Gasteiger partial charge in [0.15, 0.2) is 17.3 Å². The molecule has 2 amide bonds. The lowest BCUT2D eigenvalue weighted by Crippen LogP contribution is -2.35. The van der Waals surface area contributed by atoms with Crippen LogP contribution in [0.2, 0.25) is 0 Å². The van der Waals surface area contributed by atoms with Crippen molar-refractivity contribution >= 4 is 23.3 Å². The Kier molecular flexibility index (Phi) is 4.93. The highest BCUT2D eigenvalue weighted by atomic mass is 16.7. The van der Waals surface area contributed by atoms with E-state index >= 15 is 0 Å². The molecule has 0 radical (unpaired) electrons. The van der Waals surface area contributed by atoms with Crippen LogP contribution in [-0.4, -0.2) is 45.3 Å². The Balaban J connectivity index is 1.37. The number of ether oxygens (including phenoxy) is 2. The number of nitro groups is 1. The molecule has 10 nitrogen and oxygen atoms in total. The molecule has 0 atom stereocenters. The van der Waals surface area contributed by atoms with Gasteiger partial charge in [-0.3, -0.25) is 29.4 Å². The number of aromatic nitrogens is 1. The molecular weight excluding hydrogens is 442 g/mol. The molecule has 0 unspecified atom stereocenters. The van der Waals surface area contributed by atoms with Crippen LogP contribution in [0, 0.1) is 24.0 Å². The van der Waals surface area contributed by atoms with E-state index in [9.17, 15) is 24.5 Å². The van der Waals surface area contributed by atoms with Crippen molar-refractivity contribution in [1.29, 1.82) is 0 Å². The van der Waals surface area contributed by atoms with Gasteiger partial charge in [0.1, 0.15) is 0 Å². The van der Waals surface area contributed by atoms with E-state index in [-0.39, 0.29) is 23.6 Å². The second-order valence-corrected chi connectivity index (χ2v) is 8.17. The second-order valence-electron chi connectivity index (χ2n) is 8.17. The van der Waals surface area contributed by atoms with Crippen LogP contribution in [-0.2, 0) is 6.54 Å². The third-order valence-electron chi connectivity index (χ3n) is 6.12. The smallest absolute Gasteiger partial charge is 0.270 e. The summed E-state index contributed by atoms with van der Waals surface area (Å²) in [5, 5.41) is 11.0. The highest BCUT2D eigenvalue weighted by Gasteiger charge is 2.38. The number of rotatable bonds is 6. The van der Waals surface area contributed by atoms with Gasteiger partial charge in [-0.05, 0) is 43.7 Å². The van der Waals surface area contributed by atoms with Crippen molar-refractivity contribution in [3.05, 3.63) is 86.2 Å². The number of non-ortho nitro benzene ring substituents is 1. The van der Waals surface area contributed by atoms with Crippen molar-refractivity contribution in [2.24, 2.45) is 0 Å². The molecule has 0 bridgehead atoms. The fourth-order valence-corrected chi connectivity index (χ4v) is 4.31. The normalized spacial score (nSPS) is 14.0. The van der Waals surface area contributed by atoms with Crippen LogP contribution in [0.3, 0.4) is 0 Å². The van der Waals surface area contributed by atoms with Crippen LogP contribution < -0.4 is 9.47 Å². The molecule has 2 aromatic carbocycles. The molecule has 0 N–H and O–H groups in total. The number of amides is 2. The molecule has 2 aliphatic rings.